The molecule has 2 aliphatic heterocycles. The van der Waals surface area contributed by atoms with Gasteiger partial charge in [0.1, 0.15) is 11.9 Å². The monoisotopic (exact) mass is 576 g/mol. The van der Waals surface area contributed by atoms with Crippen LogP contribution in [-0.2, 0) is 14.3 Å². The van der Waals surface area contributed by atoms with Crippen LogP contribution in [0.3, 0.4) is 0 Å². The van der Waals surface area contributed by atoms with Crippen LogP contribution in [0.25, 0.3) is 16.7 Å². The summed E-state index contributed by atoms with van der Waals surface area (Å²) in [6, 6.07) is 18.7. The lowest BCUT2D eigenvalue weighted by Gasteiger charge is -2.35. The number of esters is 1. The number of anilines is 1. The second-order valence-corrected chi connectivity index (χ2v) is 10.7. The molecule has 3 aromatic carbocycles. The highest BCUT2D eigenvalue weighted by molar-refractivity contribution is 6.00. The molecule has 0 fully saturated rings. The van der Waals surface area contributed by atoms with Gasteiger partial charge in [0.05, 0.1) is 35.9 Å². The molecule has 43 heavy (non-hydrogen) atoms. The molecular formula is C34H29FN4O4. The van der Waals surface area contributed by atoms with E-state index in [-0.39, 0.29) is 47.0 Å². The molecule has 0 aromatic heterocycles. The number of nitrogens with zero attached hydrogens (tertiary/aromatic N) is 3. The second-order valence-electron chi connectivity index (χ2n) is 10.7. The third-order valence-electron chi connectivity index (χ3n) is 8.13. The first-order chi connectivity index (χ1) is 20.7. The van der Waals surface area contributed by atoms with E-state index in [0.717, 1.165) is 11.1 Å². The van der Waals surface area contributed by atoms with E-state index in [1.165, 1.54) is 25.3 Å². The SMILES string of the molecule is COC(=O)c1ccc2c(c1)-c1cccc(c1)C(N1CCC(c3c(C#N)ccc(C#N)c3F)=CC1=O)CCCC(C)C(=O)N2. The third kappa shape index (κ3) is 5.75. The number of benzene rings is 3. The van der Waals surface area contributed by atoms with Gasteiger partial charge < -0.3 is 15.0 Å². The highest BCUT2D eigenvalue weighted by atomic mass is 19.1. The number of hydrogen-bond acceptors (Lipinski definition) is 6. The lowest BCUT2D eigenvalue weighted by atomic mass is 9.89. The molecule has 2 amide bonds. The summed E-state index contributed by atoms with van der Waals surface area (Å²) in [5, 5.41) is 21.9. The Morgan fingerprint density at radius 1 is 1.05 bits per heavy atom. The van der Waals surface area contributed by atoms with E-state index in [4.69, 9.17) is 4.74 Å². The Labute approximate surface area is 249 Å². The molecule has 2 bridgehead atoms. The minimum absolute atomic E-state index is 0.00640. The Kier molecular flexibility index (Phi) is 8.36. The molecule has 2 atom stereocenters. The largest absolute Gasteiger partial charge is 0.465 e. The maximum absolute atomic E-state index is 15.2. The number of nitrogens with one attached hydrogen (secondary N) is 1. The zero-order chi connectivity index (χ0) is 30.7. The highest BCUT2D eigenvalue weighted by Gasteiger charge is 2.31. The number of methoxy groups -OCH3 is 1. The van der Waals surface area contributed by atoms with Crippen LogP contribution in [0.1, 0.15) is 71.3 Å². The summed E-state index contributed by atoms with van der Waals surface area (Å²) in [7, 11) is 1.31. The van der Waals surface area contributed by atoms with Gasteiger partial charge in [-0.05, 0) is 72.4 Å². The molecule has 2 unspecified atom stereocenters. The number of carbonyl (C=O) groups excluding carboxylic acids is 3. The predicted octanol–water partition coefficient (Wildman–Crippen LogP) is 6.14. The Hall–Kier alpha value is -5.28. The van der Waals surface area contributed by atoms with Gasteiger partial charge in [-0.1, -0.05) is 31.5 Å². The van der Waals surface area contributed by atoms with Gasteiger partial charge in [0.2, 0.25) is 11.8 Å². The Bertz CT molecular complexity index is 1750. The first kappa shape index (κ1) is 29.2. The topological polar surface area (TPSA) is 123 Å². The summed E-state index contributed by atoms with van der Waals surface area (Å²) in [5.74, 6) is -2.06. The summed E-state index contributed by atoms with van der Waals surface area (Å²) in [6.45, 7) is 2.13. The van der Waals surface area contributed by atoms with Crippen molar-refractivity contribution in [2.45, 2.75) is 38.6 Å². The molecule has 3 aromatic rings. The van der Waals surface area contributed by atoms with Crippen molar-refractivity contribution in [1.82, 2.24) is 4.90 Å². The summed E-state index contributed by atoms with van der Waals surface area (Å²) in [4.78, 5) is 40.8. The Balaban J connectivity index is 1.56. The fraction of sp³-hybridized carbons (Fsp3) is 0.265. The van der Waals surface area contributed by atoms with Crippen LogP contribution >= 0.6 is 0 Å². The van der Waals surface area contributed by atoms with Crippen molar-refractivity contribution in [3.05, 3.63) is 94.3 Å². The van der Waals surface area contributed by atoms with Gasteiger partial charge in [0, 0.05) is 35.4 Å². The van der Waals surface area contributed by atoms with E-state index in [0.29, 0.717) is 48.1 Å². The molecule has 0 saturated carbocycles. The molecule has 5 rings (SSSR count). The van der Waals surface area contributed by atoms with Gasteiger partial charge in [0.25, 0.3) is 0 Å². The van der Waals surface area contributed by atoms with Crippen LogP contribution in [0.5, 0.6) is 0 Å². The molecule has 2 heterocycles. The van der Waals surface area contributed by atoms with E-state index in [2.05, 4.69) is 5.32 Å². The maximum atomic E-state index is 15.2. The molecule has 0 aliphatic carbocycles. The zero-order valence-electron chi connectivity index (χ0n) is 23.8. The number of amides is 2. The molecule has 0 spiro atoms. The summed E-state index contributed by atoms with van der Waals surface area (Å²) < 4.78 is 20.1. The van der Waals surface area contributed by atoms with Gasteiger partial charge in [-0.25, -0.2) is 9.18 Å². The van der Waals surface area contributed by atoms with Crippen LogP contribution < -0.4 is 5.32 Å². The van der Waals surface area contributed by atoms with Gasteiger partial charge in [-0.15, -0.1) is 0 Å². The van der Waals surface area contributed by atoms with E-state index in [1.807, 2.05) is 37.3 Å². The standard InChI is InChI=1S/C34H29FN4O4/c1-20-5-3-8-29(39-14-13-23(17-30(39)40)31-25(18-36)9-10-26(19-37)32(31)35)22-7-4-6-21(15-22)27-16-24(34(42)43-2)11-12-28(27)38-33(20)41/h4,6-7,9-12,15-17,20,29H,3,5,8,13-14H2,1-2H3,(H,38,41). The normalized spacial score (nSPS) is 18.5. The lowest BCUT2D eigenvalue weighted by molar-refractivity contribution is -0.129. The first-order valence-electron chi connectivity index (χ1n) is 14.0. The summed E-state index contributed by atoms with van der Waals surface area (Å²) >= 11 is 0. The molecule has 0 saturated heterocycles. The molecule has 8 nitrogen and oxygen atoms in total. The maximum Gasteiger partial charge on any atom is 0.337 e. The number of halogens is 1. The van der Waals surface area contributed by atoms with Crippen molar-refractivity contribution < 1.29 is 23.5 Å². The van der Waals surface area contributed by atoms with E-state index in [1.54, 1.807) is 29.2 Å². The lowest BCUT2D eigenvalue weighted by Crippen LogP contribution is -2.37. The van der Waals surface area contributed by atoms with E-state index < -0.39 is 11.8 Å². The van der Waals surface area contributed by atoms with Gasteiger partial charge in [-0.3, -0.25) is 9.59 Å². The fourth-order valence-corrected chi connectivity index (χ4v) is 5.79. The Morgan fingerprint density at radius 2 is 1.81 bits per heavy atom. The van der Waals surface area contributed by atoms with Crippen molar-refractivity contribution in [3.8, 4) is 23.3 Å². The van der Waals surface area contributed by atoms with Crippen LogP contribution in [-0.4, -0.2) is 36.3 Å². The van der Waals surface area contributed by atoms with Gasteiger partial charge >= 0.3 is 5.97 Å². The quantitative estimate of drug-likeness (QED) is 0.374. The minimum Gasteiger partial charge on any atom is -0.465 e. The summed E-state index contributed by atoms with van der Waals surface area (Å²) in [5.41, 5.74) is 3.44. The molecule has 1 N–H and O–H groups in total. The fourth-order valence-electron chi connectivity index (χ4n) is 5.79. The van der Waals surface area contributed by atoms with Crippen molar-refractivity contribution >= 4 is 29.0 Å². The van der Waals surface area contributed by atoms with Crippen molar-refractivity contribution in [2.24, 2.45) is 5.92 Å². The number of nitriles is 2. The average molecular weight is 577 g/mol. The predicted molar refractivity (Wildman–Crippen MR) is 158 cm³/mol. The average Bonchev–Trinajstić information content (AvgIpc) is 3.02. The second kappa shape index (κ2) is 12.3. The number of carbonyl (C=O) groups is 3. The van der Waals surface area contributed by atoms with Crippen LogP contribution in [0, 0.1) is 34.4 Å². The smallest absolute Gasteiger partial charge is 0.337 e. The van der Waals surface area contributed by atoms with Crippen LogP contribution in [0.2, 0.25) is 0 Å². The van der Waals surface area contributed by atoms with Gasteiger partial charge in [0.15, 0.2) is 0 Å². The molecule has 9 heteroatoms. The van der Waals surface area contributed by atoms with Crippen molar-refractivity contribution in [1.29, 1.82) is 10.5 Å². The number of hydrogen-bond donors (Lipinski definition) is 1. The first-order valence-corrected chi connectivity index (χ1v) is 14.0. The number of rotatable bonds is 3. The van der Waals surface area contributed by atoms with Crippen LogP contribution in [0.4, 0.5) is 10.1 Å². The van der Waals surface area contributed by atoms with E-state index >= 15 is 4.39 Å². The number of ether oxygens (including phenoxy) is 1. The molecule has 216 valence electrons. The van der Waals surface area contributed by atoms with Gasteiger partial charge in [-0.2, -0.15) is 10.5 Å². The molecule has 2 aliphatic rings. The molecular weight excluding hydrogens is 547 g/mol. The summed E-state index contributed by atoms with van der Waals surface area (Å²) in [6.07, 6.45) is 3.52. The van der Waals surface area contributed by atoms with Crippen molar-refractivity contribution in [3.63, 3.8) is 0 Å². The highest BCUT2D eigenvalue weighted by Crippen LogP contribution is 2.38. The van der Waals surface area contributed by atoms with Crippen molar-refractivity contribution in [2.75, 3.05) is 19.0 Å². The molecule has 0 radical (unpaired) electrons. The minimum atomic E-state index is -0.801. The van der Waals surface area contributed by atoms with Crippen LogP contribution in [0.15, 0.2) is 60.7 Å². The van der Waals surface area contributed by atoms with E-state index in [9.17, 15) is 24.9 Å². The Morgan fingerprint density at radius 3 is 2.53 bits per heavy atom. The number of fused-ring (bicyclic) bond motifs is 4. The third-order valence-corrected chi connectivity index (χ3v) is 8.13. The zero-order valence-corrected chi connectivity index (χ0v) is 23.8.